The predicted molar refractivity (Wildman–Crippen MR) is 113 cm³/mol. The van der Waals surface area contributed by atoms with Crippen LogP contribution in [0.4, 0.5) is 10.8 Å². The van der Waals surface area contributed by atoms with Crippen LogP contribution in [0.25, 0.3) is 0 Å². The maximum Gasteiger partial charge on any atom is 0.275 e. The van der Waals surface area contributed by atoms with Crippen LogP contribution >= 0.6 is 11.3 Å². The first-order valence-electron chi connectivity index (χ1n) is 9.91. The summed E-state index contributed by atoms with van der Waals surface area (Å²) >= 11 is 1.39. The van der Waals surface area contributed by atoms with Crippen molar-refractivity contribution in [2.75, 3.05) is 49.7 Å². The number of phenolic OH excluding ortho intramolecular Hbond substituents is 1. The van der Waals surface area contributed by atoms with E-state index in [-0.39, 0.29) is 34.6 Å². The molecule has 2 aliphatic rings. The molecule has 2 aromatic rings. The largest absolute Gasteiger partial charge is 0.508 e. The molecule has 4 rings (SSSR count). The van der Waals surface area contributed by atoms with Gasteiger partial charge in [0.05, 0.1) is 24.5 Å². The van der Waals surface area contributed by atoms with Gasteiger partial charge >= 0.3 is 0 Å². The van der Waals surface area contributed by atoms with Gasteiger partial charge in [0.25, 0.3) is 11.8 Å². The van der Waals surface area contributed by atoms with Gasteiger partial charge < -0.3 is 30.1 Å². The van der Waals surface area contributed by atoms with Gasteiger partial charge in [-0.25, -0.2) is 4.98 Å². The van der Waals surface area contributed by atoms with E-state index in [1.807, 2.05) is 0 Å². The van der Waals surface area contributed by atoms with Gasteiger partial charge in [0.2, 0.25) is 0 Å². The standard InChI is InChI=1S/C20H24N4O5S/c25-14-1-2-15(18(26)21-13-3-7-28-8-4-13)16(11-14)22-19(27)17-12-30-20(23-17)24-5-9-29-10-6-24/h1-2,11-13,25H,3-10H2,(H,21,26)(H,22,27). The number of anilines is 2. The minimum Gasteiger partial charge on any atom is -0.508 e. The summed E-state index contributed by atoms with van der Waals surface area (Å²) in [6, 6.07) is 4.32. The van der Waals surface area contributed by atoms with E-state index in [1.165, 1.54) is 29.5 Å². The fourth-order valence-corrected chi connectivity index (χ4v) is 4.25. The zero-order valence-corrected chi connectivity index (χ0v) is 17.2. The molecule has 2 amide bonds. The average Bonchev–Trinajstić information content (AvgIpc) is 3.26. The summed E-state index contributed by atoms with van der Waals surface area (Å²) in [5.74, 6) is -0.777. The lowest BCUT2D eigenvalue weighted by molar-refractivity contribution is 0.0697. The number of hydrogen-bond acceptors (Lipinski definition) is 8. The molecule has 0 bridgehead atoms. The molecule has 2 fully saturated rings. The molecule has 160 valence electrons. The first kappa shape index (κ1) is 20.6. The number of amides is 2. The SMILES string of the molecule is O=C(Nc1cc(O)ccc1C(=O)NC1CCOCC1)c1csc(N2CCOCC2)n1. The molecule has 9 nitrogen and oxygen atoms in total. The maximum atomic E-state index is 12.8. The minimum atomic E-state index is -0.434. The molecule has 0 aliphatic carbocycles. The van der Waals surface area contributed by atoms with Gasteiger partial charge in [0, 0.05) is 43.8 Å². The normalized spacial score (nSPS) is 17.5. The van der Waals surface area contributed by atoms with Crippen LogP contribution in [-0.4, -0.2) is 67.5 Å². The number of ether oxygens (including phenoxy) is 2. The Labute approximate surface area is 178 Å². The molecule has 2 saturated heterocycles. The minimum absolute atomic E-state index is 0.0261. The number of carbonyl (C=O) groups excluding carboxylic acids is 2. The fourth-order valence-electron chi connectivity index (χ4n) is 3.39. The smallest absolute Gasteiger partial charge is 0.275 e. The second-order valence-corrected chi connectivity index (χ2v) is 8.00. The number of nitrogens with one attached hydrogen (secondary N) is 2. The van der Waals surface area contributed by atoms with Crippen molar-refractivity contribution in [3.63, 3.8) is 0 Å². The summed E-state index contributed by atoms with van der Waals surface area (Å²) in [7, 11) is 0. The number of phenols is 1. The number of nitrogens with zero attached hydrogens (tertiary/aromatic N) is 2. The second-order valence-electron chi connectivity index (χ2n) is 7.16. The molecular formula is C20H24N4O5S. The summed E-state index contributed by atoms with van der Waals surface area (Å²) in [5.41, 5.74) is 0.794. The molecule has 1 aromatic carbocycles. The first-order valence-corrected chi connectivity index (χ1v) is 10.8. The Balaban J connectivity index is 1.47. The third-order valence-corrected chi connectivity index (χ3v) is 5.96. The van der Waals surface area contributed by atoms with Crippen LogP contribution < -0.4 is 15.5 Å². The molecule has 3 N–H and O–H groups in total. The zero-order valence-electron chi connectivity index (χ0n) is 16.4. The Kier molecular flexibility index (Phi) is 6.46. The van der Waals surface area contributed by atoms with E-state index in [9.17, 15) is 14.7 Å². The topological polar surface area (TPSA) is 113 Å². The fraction of sp³-hybridized carbons (Fsp3) is 0.450. The Hall–Kier alpha value is -2.69. The summed E-state index contributed by atoms with van der Waals surface area (Å²) in [6.07, 6.45) is 1.49. The van der Waals surface area contributed by atoms with E-state index in [1.54, 1.807) is 5.38 Å². The average molecular weight is 433 g/mol. The monoisotopic (exact) mass is 432 g/mol. The van der Waals surface area contributed by atoms with E-state index < -0.39 is 5.91 Å². The van der Waals surface area contributed by atoms with Crippen molar-refractivity contribution in [3.05, 3.63) is 34.8 Å². The van der Waals surface area contributed by atoms with Crippen molar-refractivity contribution in [2.45, 2.75) is 18.9 Å². The lowest BCUT2D eigenvalue weighted by Crippen LogP contribution is -2.39. The number of aromatic hydroxyl groups is 1. The van der Waals surface area contributed by atoms with Crippen molar-refractivity contribution < 1.29 is 24.2 Å². The van der Waals surface area contributed by atoms with Gasteiger partial charge in [-0.05, 0) is 25.0 Å². The molecule has 0 unspecified atom stereocenters. The van der Waals surface area contributed by atoms with Crippen LogP contribution in [0.1, 0.15) is 33.7 Å². The summed E-state index contributed by atoms with van der Waals surface area (Å²) in [6.45, 7) is 3.96. The highest BCUT2D eigenvalue weighted by atomic mass is 32.1. The van der Waals surface area contributed by atoms with Gasteiger partial charge in [-0.1, -0.05) is 0 Å². The highest BCUT2D eigenvalue weighted by Gasteiger charge is 2.22. The lowest BCUT2D eigenvalue weighted by Gasteiger charge is -2.25. The van der Waals surface area contributed by atoms with E-state index in [0.29, 0.717) is 26.4 Å². The molecule has 0 radical (unpaired) electrons. The highest BCUT2D eigenvalue weighted by molar-refractivity contribution is 7.14. The Morgan fingerprint density at radius 2 is 1.83 bits per heavy atom. The van der Waals surface area contributed by atoms with Crippen molar-refractivity contribution >= 4 is 34.0 Å². The third kappa shape index (κ3) is 4.89. The van der Waals surface area contributed by atoms with Crippen molar-refractivity contribution in [1.82, 2.24) is 10.3 Å². The zero-order chi connectivity index (χ0) is 20.9. The number of aromatic nitrogens is 1. The number of carbonyl (C=O) groups is 2. The molecule has 10 heteroatoms. The summed E-state index contributed by atoms with van der Waals surface area (Å²) in [4.78, 5) is 32.0. The second kappa shape index (κ2) is 9.41. The molecule has 3 heterocycles. The number of morpholine rings is 1. The van der Waals surface area contributed by atoms with Crippen LogP contribution in [0.15, 0.2) is 23.6 Å². The molecular weight excluding hydrogens is 408 g/mol. The van der Waals surface area contributed by atoms with E-state index in [4.69, 9.17) is 9.47 Å². The van der Waals surface area contributed by atoms with Crippen molar-refractivity contribution in [2.24, 2.45) is 0 Å². The van der Waals surface area contributed by atoms with E-state index in [0.717, 1.165) is 31.1 Å². The van der Waals surface area contributed by atoms with Gasteiger partial charge in [-0.2, -0.15) is 0 Å². The Morgan fingerprint density at radius 3 is 2.60 bits per heavy atom. The number of rotatable bonds is 5. The highest BCUT2D eigenvalue weighted by Crippen LogP contribution is 2.25. The maximum absolute atomic E-state index is 12.8. The molecule has 0 spiro atoms. The van der Waals surface area contributed by atoms with Crippen LogP contribution in [0, 0.1) is 0 Å². The van der Waals surface area contributed by atoms with Crippen molar-refractivity contribution in [1.29, 1.82) is 0 Å². The van der Waals surface area contributed by atoms with Crippen molar-refractivity contribution in [3.8, 4) is 5.75 Å². The van der Waals surface area contributed by atoms with Crippen LogP contribution in [-0.2, 0) is 9.47 Å². The van der Waals surface area contributed by atoms with Gasteiger partial charge in [-0.15, -0.1) is 11.3 Å². The Morgan fingerprint density at radius 1 is 1.10 bits per heavy atom. The number of benzene rings is 1. The van der Waals surface area contributed by atoms with Crippen LogP contribution in [0.5, 0.6) is 5.75 Å². The first-order chi connectivity index (χ1) is 14.6. The molecule has 30 heavy (non-hydrogen) atoms. The molecule has 2 aliphatic heterocycles. The number of thiazole rings is 1. The quantitative estimate of drug-likeness (QED) is 0.661. The summed E-state index contributed by atoms with van der Waals surface area (Å²) in [5, 5.41) is 18.0. The van der Waals surface area contributed by atoms with E-state index >= 15 is 0 Å². The lowest BCUT2D eigenvalue weighted by atomic mass is 10.1. The van der Waals surface area contributed by atoms with Crippen LogP contribution in [0.3, 0.4) is 0 Å². The van der Waals surface area contributed by atoms with E-state index in [2.05, 4.69) is 20.5 Å². The third-order valence-electron chi connectivity index (χ3n) is 5.06. The molecule has 0 saturated carbocycles. The van der Waals surface area contributed by atoms with Crippen LogP contribution in [0.2, 0.25) is 0 Å². The summed E-state index contributed by atoms with van der Waals surface area (Å²) < 4.78 is 10.7. The number of hydrogen-bond donors (Lipinski definition) is 3. The van der Waals surface area contributed by atoms with Gasteiger partial charge in [-0.3, -0.25) is 9.59 Å². The molecule has 1 aromatic heterocycles. The van der Waals surface area contributed by atoms with Gasteiger partial charge in [0.1, 0.15) is 11.4 Å². The van der Waals surface area contributed by atoms with Gasteiger partial charge in [0.15, 0.2) is 5.13 Å². The Bertz CT molecular complexity index is 906. The molecule has 0 atom stereocenters. The predicted octanol–water partition coefficient (Wildman–Crippen LogP) is 1.85.